The molecule has 0 N–H and O–H groups in total. The quantitative estimate of drug-likeness (QED) is 0.373. The number of rotatable bonds is 8. The van der Waals surface area contributed by atoms with Gasteiger partial charge < -0.3 is 9.47 Å². The molecule has 1 rings (SSSR count). The molecule has 0 aliphatic carbocycles. The van der Waals surface area contributed by atoms with Crippen molar-refractivity contribution in [2.75, 3.05) is 10.7 Å². The van der Waals surface area contributed by atoms with E-state index in [4.69, 9.17) is 9.47 Å². The molecule has 0 atom stereocenters. The van der Waals surface area contributed by atoms with Crippen molar-refractivity contribution in [3.8, 4) is 11.5 Å². The highest BCUT2D eigenvalue weighted by molar-refractivity contribution is 9.09. The highest BCUT2D eigenvalue weighted by Gasteiger charge is 2.07. The Labute approximate surface area is 135 Å². The van der Waals surface area contributed by atoms with E-state index in [-0.39, 0.29) is 11.9 Å². The summed E-state index contributed by atoms with van der Waals surface area (Å²) in [4.78, 5) is 22.8. The molecule has 0 aliphatic rings. The van der Waals surface area contributed by atoms with Crippen molar-refractivity contribution >= 4 is 43.8 Å². The fraction of sp³-hybridized carbons (Fsp3) is 0.429. The summed E-state index contributed by atoms with van der Waals surface area (Å²) in [6, 6.07) is 6.44. The van der Waals surface area contributed by atoms with Gasteiger partial charge in [0.05, 0.1) is 0 Å². The first-order valence-corrected chi connectivity index (χ1v) is 8.53. The summed E-state index contributed by atoms with van der Waals surface area (Å²) in [5.74, 6) is 0.354. The number of hydrogen-bond acceptors (Lipinski definition) is 4. The SMILES string of the molecule is O=C(CCCBr)Oc1ccc(OC(=O)CCCBr)cc1. The maximum Gasteiger partial charge on any atom is 0.311 e. The molecule has 0 spiro atoms. The Morgan fingerprint density at radius 3 is 1.45 bits per heavy atom. The van der Waals surface area contributed by atoms with Gasteiger partial charge >= 0.3 is 11.9 Å². The second-order valence-electron chi connectivity index (χ2n) is 4.00. The molecule has 0 aromatic heterocycles. The van der Waals surface area contributed by atoms with Gasteiger partial charge in [-0.1, -0.05) is 31.9 Å². The predicted octanol–water partition coefficient (Wildman–Crippen LogP) is 3.85. The molecule has 6 heteroatoms. The van der Waals surface area contributed by atoms with E-state index in [1.54, 1.807) is 24.3 Å². The fourth-order valence-corrected chi connectivity index (χ4v) is 1.92. The van der Waals surface area contributed by atoms with Crippen molar-refractivity contribution in [2.45, 2.75) is 25.7 Å². The van der Waals surface area contributed by atoms with E-state index < -0.39 is 0 Å². The molecule has 0 unspecified atom stereocenters. The summed E-state index contributed by atoms with van der Waals surface area (Å²) in [7, 11) is 0. The summed E-state index contributed by atoms with van der Waals surface area (Å²) in [5, 5.41) is 1.54. The molecule has 0 saturated carbocycles. The summed E-state index contributed by atoms with van der Waals surface area (Å²) >= 11 is 6.51. The second kappa shape index (κ2) is 9.94. The average molecular weight is 408 g/mol. The van der Waals surface area contributed by atoms with Crippen molar-refractivity contribution in [1.29, 1.82) is 0 Å². The van der Waals surface area contributed by atoms with Crippen molar-refractivity contribution in [2.24, 2.45) is 0 Å². The molecule has 0 bridgehead atoms. The molecule has 0 aliphatic heterocycles. The Morgan fingerprint density at radius 1 is 0.800 bits per heavy atom. The summed E-state index contributed by atoms with van der Waals surface area (Å²) in [6.07, 6.45) is 2.22. The first kappa shape index (κ1) is 17.2. The van der Waals surface area contributed by atoms with Crippen LogP contribution >= 0.6 is 31.9 Å². The van der Waals surface area contributed by atoms with Crippen LogP contribution < -0.4 is 9.47 Å². The Kier molecular flexibility index (Phi) is 8.53. The fourth-order valence-electron chi connectivity index (χ4n) is 1.36. The highest BCUT2D eigenvalue weighted by Crippen LogP contribution is 2.19. The molecule has 4 nitrogen and oxygen atoms in total. The van der Waals surface area contributed by atoms with E-state index in [1.807, 2.05) is 0 Å². The molecule has 0 saturated heterocycles. The maximum atomic E-state index is 11.4. The van der Waals surface area contributed by atoms with Crippen molar-refractivity contribution < 1.29 is 19.1 Å². The number of carbonyl (C=O) groups excluding carboxylic acids is 2. The average Bonchev–Trinajstić information content (AvgIpc) is 2.45. The van der Waals surface area contributed by atoms with Gasteiger partial charge in [-0.05, 0) is 37.1 Å². The van der Waals surface area contributed by atoms with Crippen LogP contribution in [0.4, 0.5) is 0 Å². The Morgan fingerprint density at radius 2 is 1.15 bits per heavy atom. The van der Waals surface area contributed by atoms with Gasteiger partial charge in [-0.15, -0.1) is 0 Å². The first-order valence-electron chi connectivity index (χ1n) is 6.29. The van der Waals surface area contributed by atoms with Crippen molar-refractivity contribution in [1.82, 2.24) is 0 Å². The van der Waals surface area contributed by atoms with E-state index in [0.29, 0.717) is 24.3 Å². The van der Waals surface area contributed by atoms with Gasteiger partial charge in [0.15, 0.2) is 0 Å². The third-order valence-corrected chi connectivity index (χ3v) is 3.44. The van der Waals surface area contributed by atoms with Crippen LogP contribution in [0.1, 0.15) is 25.7 Å². The molecule has 0 amide bonds. The monoisotopic (exact) mass is 406 g/mol. The molecule has 0 heterocycles. The number of esters is 2. The molecule has 110 valence electrons. The molecule has 20 heavy (non-hydrogen) atoms. The smallest absolute Gasteiger partial charge is 0.311 e. The van der Waals surface area contributed by atoms with Gasteiger partial charge in [-0.3, -0.25) is 9.59 Å². The van der Waals surface area contributed by atoms with Crippen molar-refractivity contribution in [3.05, 3.63) is 24.3 Å². The largest absolute Gasteiger partial charge is 0.427 e. The lowest BCUT2D eigenvalue weighted by atomic mass is 10.3. The number of hydrogen-bond donors (Lipinski definition) is 0. The van der Waals surface area contributed by atoms with E-state index in [1.165, 1.54) is 0 Å². The predicted molar refractivity (Wildman–Crippen MR) is 83.8 cm³/mol. The van der Waals surface area contributed by atoms with Crippen LogP contribution in [-0.4, -0.2) is 22.6 Å². The van der Waals surface area contributed by atoms with Crippen molar-refractivity contribution in [3.63, 3.8) is 0 Å². The zero-order chi connectivity index (χ0) is 14.8. The van der Waals surface area contributed by atoms with Crippen LogP contribution in [0.3, 0.4) is 0 Å². The minimum absolute atomic E-state index is 0.272. The molecular formula is C14H16Br2O4. The van der Waals surface area contributed by atoms with E-state index in [0.717, 1.165) is 23.5 Å². The molecule has 1 aromatic rings. The summed E-state index contributed by atoms with van der Waals surface area (Å²) < 4.78 is 10.3. The molecule has 0 fully saturated rings. The van der Waals surface area contributed by atoms with Crippen LogP contribution in [0.15, 0.2) is 24.3 Å². The number of halogens is 2. The lowest BCUT2D eigenvalue weighted by Gasteiger charge is -2.06. The lowest BCUT2D eigenvalue weighted by molar-refractivity contribution is -0.135. The van der Waals surface area contributed by atoms with E-state index >= 15 is 0 Å². The zero-order valence-corrected chi connectivity index (χ0v) is 14.1. The van der Waals surface area contributed by atoms with Crippen LogP contribution in [0.25, 0.3) is 0 Å². The van der Waals surface area contributed by atoms with E-state index in [2.05, 4.69) is 31.9 Å². The first-order chi connectivity index (χ1) is 9.65. The highest BCUT2D eigenvalue weighted by atomic mass is 79.9. The van der Waals surface area contributed by atoms with Crippen LogP contribution in [0, 0.1) is 0 Å². The number of ether oxygens (including phenoxy) is 2. The van der Waals surface area contributed by atoms with Crippen LogP contribution in [0.5, 0.6) is 11.5 Å². The van der Waals surface area contributed by atoms with Gasteiger partial charge in [-0.2, -0.15) is 0 Å². The Bertz CT molecular complexity index is 390. The summed E-state index contributed by atoms with van der Waals surface area (Å²) in [6.45, 7) is 0. The zero-order valence-electron chi connectivity index (χ0n) is 10.9. The van der Waals surface area contributed by atoms with Crippen LogP contribution in [-0.2, 0) is 9.59 Å². The van der Waals surface area contributed by atoms with Gasteiger partial charge in [0.25, 0.3) is 0 Å². The minimum Gasteiger partial charge on any atom is -0.427 e. The second-order valence-corrected chi connectivity index (χ2v) is 5.59. The lowest BCUT2D eigenvalue weighted by Crippen LogP contribution is -2.09. The van der Waals surface area contributed by atoms with Gasteiger partial charge in [0, 0.05) is 23.5 Å². The third-order valence-electron chi connectivity index (χ3n) is 2.32. The normalized spacial score (nSPS) is 10.1. The number of benzene rings is 1. The van der Waals surface area contributed by atoms with Gasteiger partial charge in [0.2, 0.25) is 0 Å². The third kappa shape index (κ3) is 7.05. The molecule has 0 radical (unpaired) electrons. The molecule has 1 aromatic carbocycles. The maximum absolute atomic E-state index is 11.4. The molecular weight excluding hydrogens is 392 g/mol. The number of alkyl halides is 2. The van der Waals surface area contributed by atoms with E-state index in [9.17, 15) is 9.59 Å². The van der Waals surface area contributed by atoms with Crippen LogP contribution in [0.2, 0.25) is 0 Å². The van der Waals surface area contributed by atoms with Gasteiger partial charge in [-0.25, -0.2) is 0 Å². The number of carbonyl (C=O) groups is 2. The topological polar surface area (TPSA) is 52.6 Å². The Balaban J connectivity index is 2.43. The standard InChI is InChI=1S/C14H16Br2O4/c15-9-1-3-13(17)19-11-5-7-12(8-6-11)20-14(18)4-2-10-16/h5-8H,1-4,9-10H2. The summed E-state index contributed by atoms with van der Waals surface area (Å²) in [5.41, 5.74) is 0. The Hall–Kier alpha value is -0.880. The minimum atomic E-state index is -0.272. The van der Waals surface area contributed by atoms with Gasteiger partial charge in [0.1, 0.15) is 11.5 Å².